The lowest BCUT2D eigenvalue weighted by molar-refractivity contribution is -0.168. The number of hydrogen-bond donors (Lipinski definition) is 4. The van der Waals surface area contributed by atoms with Gasteiger partial charge in [-0.1, -0.05) is 13.3 Å². The Balaban J connectivity index is 3.09. The lowest BCUT2D eigenvalue weighted by Gasteiger charge is -2.32. The molecule has 0 radical (unpaired) electrons. The highest BCUT2D eigenvalue weighted by molar-refractivity contribution is 5.98. The number of aliphatic carboxylic acids is 4. The van der Waals surface area contributed by atoms with Crippen LogP contribution in [0.15, 0.2) is 0 Å². The van der Waals surface area contributed by atoms with Crippen LogP contribution in [0.1, 0.15) is 46.5 Å². The SMILES string of the molecule is CC1CCC(CC(C)(C(=O)O)C(=O)O)C1CC(C)(C(=O)O)C(=O)O. The van der Waals surface area contributed by atoms with Crippen LogP contribution < -0.4 is 0 Å². The van der Waals surface area contributed by atoms with Crippen molar-refractivity contribution in [1.29, 1.82) is 0 Å². The summed E-state index contributed by atoms with van der Waals surface area (Å²) in [5.74, 6) is -6.52. The minimum Gasteiger partial charge on any atom is -0.480 e. The zero-order valence-corrected chi connectivity index (χ0v) is 14.0. The Kier molecular flexibility index (Phi) is 5.63. The molecule has 1 rings (SSSR count). The third-order valence-corrected chi connectivity index (χ3v) is 5.53. The van der Waals surface area contributed by atoms with Crippen LogP contribution in [0.2, 0.25) is 0 Å². The van der Waals surface area contributed by atoms with Crippen LogP contribution in [-0.4, -0.2) is 44.3 Å². The van der Waals surface area contributed by atoms with Crippen LogP contribution in [0.3, 0.4) is 0 Å². The van der Waals surface area contributed by atoms with Gasteiger partial charge in [-0.25, -0.2) is 0 Å². The van der Waals surface area contributed by atoms with E-state index >= 15 is 0 Å². The van der Waals surface area contributed by atoms with Crippen molar-refractivity contribution in [3.05, 3.63) is 0 Å². The quantitative estimate of drug-likeness (QED) is 0.487. The second-order valence-electron chi connectivity index (χ2n) is 7.27. The summed E-state index contributed by atoms with van der Waals surface area (Å²) in [7, 11) is 0. The Hall–Kier alpha value is -2.12. The van der Waals surface area contributed by atoms with E-state index in [-0.39, 0.29) is 30.6 Å². The van der Waals surface area contributed by atoms with Gasteiger partial charge in [0.2, 0.25) is 0 Å². The summed E-state index contributed by atoms with van der Waals surface area (Å²) < 4.78 is 0. The molecule has 0 bridgehead atoms. The summed E-state index contributed by atoms with van der Waals surface area (Å²) in [6, 6.07) is 0. The average molecular weight is 344 g/mol. The minimum absolute atomic E-state index is 0.000125. The maximum Gasteiger partial charge on any atom is 0.320 e. The van der Waals surface area contributed by atoms with Crippen LogP contribution in [0.5, 0.6) is 0 Å². The van der Waals surface area contributed by atoms with Crippen LogP contribution in [0.25, 0.3) is 0 Å². The molecule has 136 valence electrons. The van der Waals surface area contributed by atoms with Crippen molar-refractivity contribution in [3.8, 4) is 0 Å². The Morgan fingerprint density at radius 3 is 1.54 bits per heavy atom. The number of rotatable bonds is 8. The van der Waals surface area contributed by atoms with E-state index in [9.17, 15) is 39.6 Å². The van der Waals surface area contributed by atoms with E-state index in [1.165, 1.54) is 0 Å². The molecule has 0 amide bonds. The number of carboxylic acids is 4. The number of hydrogen-bond acceptors (Lipinski definition) is 4. The molecule has 0 heterocycles. The van der Waals surface area contributed by atoms with Crippen LogP contribution in [0.4, 0.5) is 0 Å². The monoisotopic (exact) mass is 344 g/mol. The Bertz CT molecular complexity index is 524. The summed E-state index contributed by atoms with van der Waals surface area (Å²) >= 11 is 0. The van der Waals surface area contributed by atoms with Crippen molar-refractivity contribution in [2.75, 3.05) is 0 Å². The molecule has 1 aliphatic carbocycles. The molecule has 0 spiro atoms. The van der Waals surface area contributed by atoms with Crippen LogP contribution >= 0.6 is 0 Å². The highest BCUT2D eigenvalue weighted by Gasteiger charge is 2.51. The van der Waals surface area contributed by atoms with Gasteiger partial charge in [-0.2, -0.15) is 0 Å². The maximum atomic E-state index is 11.4. The Morgan fingerprint density at radius 2 is 1.17 bits per heavy atom. The fourth-order valence-corrected chi connectivity index (χ4v) is 3.52. The molecular formula is C16H24O8. The Labute approximate surface area is 139 Å². The fourth-order valence-electron chi connectivity index (χ4n) is 3.52. The normalized spacial score (nSPS) is 24.5. The van der Waals surface area contributed by atoms with Crippen LogP contribution in [0, 0.1) is 28.6 Å². The predicted octanol–water partition coefficient (Wildman–Crippen LogP) is 1.78. The van der Waals surface area contributed by atoms with Gasteiger partial charge in [0.1, 0.15) is 0 Å². The van der Waals surface area contributed by atoms with Gasteiger partial charge < -0.3 is 20.4 Å². The molecule has 24 heavy (non-hydrogen) atoms. The highest BCUT2D eigenvalue weighted by atomic mass is 16.4. The molecule has 0 aromatic heterocycles. The van der Waals surface area contributed by atoms with Crippen molar-refractivity contribution in [1.82, 2.24) is 0 Å². The molecule has 8 heteroatoms. The summed E-state index contributed by atoms with van der Waals surface area (Å²) in [5, 5.41) is 37.1. The standard InChI is InChI=1S/C16H24O8/c1-8-4-5-9(6-15(2,11(17)18)12(19)20)10(8)7-16(3,13(21)22)14(23)24/h8-10H,4-7H2,1-3H3,(H,17,18)(H,19,20)(H,21,22)(H,23,24). The van der Waals surface area contributed by atoms with Gasteiger partial charge in [-0.15, -0.1) is 0 Å². The second-order valence-corrected chi connectivity index (χ2v) is 7.27. The lowest BCUT2D eigenvalue weighted by Crippen LogP contribution is -2.42. The summed E-state index contributed by atoms with van der Waals surface area (Å²) in [6.07, 6.45) is 0.929. The molecule has 0 saturated heterocycles. The maximum absolute atomic E-state index is 11.4. The number of carbonyl (C=O) groups is 4. The second kappa shape index (κ2) is 6.78. The third kappa shape index (κ3) is 3.52. The first-order valence-electron chi connectivity index (χ1n) is 7.80. The number of carboxylic acid groups (broad SMARTS) is 4. The van der Waals surface area contributed by atoms with Gasteiger partial charge in [-0.05, 0) is 50.9 Å². The molecule has 8 nitrogen and oxygen atoms in total. The first-order valence-corrected chi connectivity index (χ1v) is 7.80. The van der Waals surface area contributed by atoms with Gasteiger partial charge in [0.15, 0.2) is 10.8 Å². The first-order chi connectivity index (χ1) is 10.9. The molecule has 3 atom stereocenters. The highest BCUT2D eigenvalue weighted by Crippen LogP contribution is 2.48. The molecular weight excluding hydrogens is 320 g/mol. The smallest absolute Gasteiger partial charge is 0.320 e. The van der Waals surface area contributed by atoms with E-state index in [0.717, 1.165) is 13.8 Å². The van der Waals surface area contributed by atoms with Crippen molar-refractivity contribution in [3.63, 3.8) is 0 Å². The van der Waals surface area contributed by atoms with Crippen molar-refractivity contribution >= 4 is 23.9 Å². The van der Waals surface area contributed by atoms with E-state index in [2.05, 4.69) is 0 Å². The van der Waals surface area contributed by atoms with Crippen LogP contribution in [-0.2, 0) is 19.2 Å². The first kappa shape index (κ1) is 19.9. The molecule has 0 aromatic carbocycles. The topological polar surface area (TPSA) is 149 Å². The van der Waals surface area contributed by atoms with Gasteiger partial charge in [0, 0.05) is 0 Å². The van der Waals surface area contributed by atoms with E-state index in [1.807, 2.05) is 6.92 Å². The third-order valence-electron chi connectivity index (χ3n) is 5.53. The molecule has 1 aliphatic rings. The molecule has 0 aromatic rings. The summed E-state index contributed by atoms with van der Waals surface area (Å²) in [5.41, 5.74) is -3.96. The van der Waals surface area contributed by atoms with E-state index in [1.54, 1.807) is 0 Å². The van der Waals surface area contributed by atoms with Crippen molar-refractivity contribution in [2.45, 2.75) is 46.5 Å². The molecule has 1 saturated carbocycles. The average Bonchev–Trinajstić information content (AvgIpc) is 2.78. The van der Waals surface area contributed by atoms with Gasteiger partial charge in [0.05, 0.1) is 0 Å². The minimum atomic E-state index is -1.98. The molecule has 0 aliphatic heterocycles. The predicted molar refractivity (Wildman–Crippen MR) is 81.4 cm³/mol. The summed E-state index contributed by atoms with van der Waals surface area (Å²) in [4.78, 5) is 45.5. The van der Waals surface area contributed by atoms with Gasteiger partial charge >= 0.3 is 23.9 Å². The van der Waals surface area contributed by atoms with Gasteiger partial charge in [-0.3, -0.25) is 19.2 Å². The molecule has 3 unspecified atom stereocenters. The van der Waals surface area contributed by atoms with E-state index < -0.39 is 34.7 Å². The lowest BCUT2D eigenvalue weighted by atomic mass is 9.70. The van der Waals surface area contributed by atoms with Crippen molar-refractivity contribution < 1.29 is 39.6 Å². The summed E-state index contributed by atoms with van der Waals surface area (Å²) in [6.45, 7) is 4.12. The van der Waals surface area contributed by atoms with E-state index in [0.29, 0.717) is 12.8 Å². The van der Waals surface area contributed by atoms with Gasteiger partial charge in [0.25, 0.3) is 0 Å². The molecule has 4 N–H and O–H groups in total. The van der Waals surface area contributed by atoms with E-state index in [4.69, 9.17) is 0 Å². The fraction of sp³-hybridized carbons (Fsp3) is 0.750. The Morgan fingerprint density at radius 1 is 0.792 bits per heavy atom. The molecule has 1 fully saturated rings. The van der Waals surface area contributed by atoms with Crippen molar-refractivity contribution in [2.24, 2.45) is 28.6 Å². The zero-order chi connectivity index (χ0) is 18.9. The largest absolute Gasteiger partial charge is 0.480 e. The zero-order valence-electron chi connectivity index (χ0n) is 14.0.